The SMILES string of the molecule is CC[C@@H](C)NC(=O)[C@H](CC)N(Cc1ccc(Cl)cc1)C(=O)CN(c1ccc(OC)cc1)S(=O)(=O)c1ccc(C)c([N+](=O)[O-])c1. The number of nitro benzene ring substituents is 1. The van der Waals surface area contributed by atoms with Gasteiger partial charge in [-0.25, -0.2) is 8.42 Å². The number of methoxy groups -OCH3 is 1. The highest BCUT2D eigenvalue weighted by Crippen LogP contribution is 2.29. The highest BCUT2D eigenvalue weighted by molar-refractivity contribution is 7.92. The van der Waals surface area contributed by atoms with Crippen molar-refractivity contribution in [3.8, 4) is 5.75 Å². The van der Waals surface area contributed by atoms with Crippen LogP contribution in [0, 0.1) is 17.0 Å². The molecule has 0 bridgehead atoms. The third kappa shape index (κ3) is 8.26. The number of rotatable bonds is 14. The molecule has 0 spiro atoms. The fourth-order valence-electron chi connectivity index (χ4n) is 4.50. The van der Waals surface area contributed by atoms with E-state index in [1.807, 2.05) is 13.8 Å². The van der Waals surface area contributed by atoms with E-state index in [4.69, 9.17) is 16.3 Å². The van der Waals surface area contributed by atoms with Crippen LogP contribution in [0.5, 0.6) is 5.75 Å². The fraction of sp³-hybridized carbons (Fsp3) is 0.355. The van der Waals surface area contributed by atoms with Gasteiger partial charge < -0.3 is 15.0 Å². The van der Waals surface area contributed by atoms with Crippen LogP contribution in [0.4, 0.5) is 11.4 Å². The molecule has 0 saturated carbocycles. The van der Waals surface area contributed by atoms with Gasteiger partial charge in [-0.2, -0.15) is 0 Å². The molecule has 0 aromatic heterocycles. The molecule has 0 fully saturated rings. The molecule has 11 nitrogen and oxygen atoms in total. The quantitative estimate of drug-likeness (QED) is 0.181. The van der Waals surface area contributed by atoms with E-state index in [1.165, 1.54) is 43.2 Å². The van der Waals surface area contributed by atoms with Crippen molar-refractivity contribution in [2.45, 2.75) is 64.1 Å². The molecule has 0 aliphatic rings. The van der Waals surface area contributed by atoms with Crippen molar-refractivity contribution in [3.63, 3.8) is 0 Å². The molecular weight excluding hydrogens is 608 g/mol. The van der Waals surface area contributed by atoms with E-state index in [0.29, 0.717) is 22.8 Å². The number of nitro groups is 1. The molecule has 0 unspecified atom stereocenters. The van der Waals surface area contributed by atoms with Crippen molar-refractivity contribution in [1.82, 2.24) is 10.2 Å². The van der Waals surface area contributed by atoms with Gasteiger partial charge in [-0.05, 0) is 74.7 Å². The van der Waals surface area contributed by atoms with Crippen LogP contribution in [0.15, 0.2) is 71.6 Å². The minimum atomic E-state index is -4.51. The summed E-state index contributed by atoms with van der Waals surface area (Å²) in [6.07, 6.45) is 0.945. The summed E-state index contributed by atoms with van der Waals surface area (Å²) in [5, 5.41) is 15.0. The predicted octanol–water partition coefficient (Wildman–Crippen LogP) is 5.48. The Balaban J connectivity index is 2.11. The van der Waals surface area contributed by atoms with Crippen molar-refractivity contribution in [1.29, 1.82) is 0 Å². The smallest absolute Gasteiger partial charge is 0.273 e. The average molecular weight is 645 g/mol. The number of aryl methyl sites for hydroxylation is 1. The number of nitrogens with one attached hydrogen (secondary N) is 1. The second-order valence-electron chi connectivity index (χ2n) is 10.3. The van der Waals surface area contributed by atoms with Gasteiger partial charge in [0.2, 0.25) is 11.8 Å². The van der Waals surface area contributed by atoms with Gasteiger partial charge in [0.1, 0.15) is 18.3 Å². The third-order valence-corrected chi connectivity index (χ3v) is 9.28. The minimum Gasteiger partial charge on any atom is -0.497 e. The topological polar surface area (TPSA) is 139 Å². The molecule has 0 radical (unpaired) electrons. The molecule has 0 aliphatic carbocycles. The van der Waals surface area contributed by atoms with Gasteiger partial charge in [0.05, 0.1) is 22.6 Å². The van der Waals surface area contributed by atoms with E-state index in [-0.39, 0.29) is 46.7 Å². The van der Waals surface area contributed by atoms with Crippen molar-refractivity contribution in [2.75, 3.05) is 18.0 Å². The number of amides is 2. The molecule has 1 N–H and O–H groups in total. The van der Waals surface area contributed by atoms with E-state index >= 15 is 0 Å². The summed E-state index contributed by atoms with van der Waals surface area (Å²) in [6.45, 7) is 6.38. The number of carbonyl (C=O) groups excluding carboxylic acids is 2. The summed E-state index contributed by atoms with van der Waals surface area (Å²) in [5.41, 5.74) is 0.731. The van der Waals surface area contributed by atoms with Gasteiger partial charge in [-0.15, -0.1) is 0 Å². The van der Waals surface area contributed by atoms with E-state index < -0.39 is 33.4 Å². The summed E-state index contributed by atoms with van der Waals surface area (Å²) in [4.78, 5) is 39.5. The van der Waals surface area contributed by atoms with Gasteiger partial charge in [0.15, 0.2) is 0 Å². The summed E-state index contributed by atoms with van der Waals surface area (Å²) in [7, 11) is -3.05. The molecule has 0 aliphatic heterocycles. The molecule has 13 heteroatoms. The molecule has 3 rings (SSSR count). The number of nitrogens with zero attached hydrogens (tertiary/aromatic N) is 3. The van der Waals surface area contributed by atoms with Crippen LogP contribution in [0.3, 0.4) is 0 Å². The number of ether oxygens (including phenoxy) is 1. The molecular formula is C31H37ClN4O7S. The first-order valence-electron chi connectivity index (χ1n) is 14.1. The van der Waals surface area contributed by atoms with E-state index in [1.54, 1.807) is 43.3 Å². The van der Waals surface area contributed by atoms with Crippen LogP contribution in [-0.2, 0) is 26.2 Å². The molecule has 3 aromatic rings. The van der Waals surface area contributed by atoms with Gasteiger partial charge in [0.25, 0.3) is 15.7 Å². The monoisotopic (exact) mass is 644 g/mol. The van der Waals surface area contributed by atoms with Crippen molar-refractivity contribution in [3.05, 3.63) is 93.0 Å². The Kier molecular flexibility index (Phi) is 11.7. The van der Waals surface area contributed by atoms with E-state index in [2.05, 4.69) is 5.32 Å². The van der Waals surface area contributed by atoms with Gasteiger partial charge >= 0.3 is 0 Å². The number of sulfonamides is 1. The molecule has 0 saturated heterocycles. The van der Waals surface area contributed by atoms with Crippen LogP contribution in [0.25, 0.3) is 0 Å². The minimum absolute atomic E-state index is 0.00887. The summed E-state index contributed by atoms with van der Waals surface area (Å²) < 4.78 is 34.3. The summed E-state index contributed by atoms with van der Waals surface area (Å²) in [5.74, 6) is -0.551. The predicted molar refractivity (Wildman–Crippen MR) is 169 cm³/mol. The zero-order valence-corrected chi connectivity index (χ0v) is 26.9. The Labute approximate surface area is 263 Å². The molecule has 3 aromatic carbocycles. The number of hydrogen-bond acceptors (Lipinski definition) is 7. The highest BCUT2D eigenvalue weighted by Gasteiger charge is 2.34. The average Bonchev–Trinajstić information content (AvgIpc) is 3.00. The molecule has 236 valence electrons. The van der Waals surface area contributed by atoms with Crippen LogP contribution < -0.4 is 14.4 Å². The van der Waals surface area contributed by atoms with Crippen molar-refractivity contribution < 1.29 is 27.7 Å². The van der Waals surface area contributed by atoms with Gasteiger partial charge in [-0.1, -0.05) is 43.6 Å². The maximum atomic E-state index is 14.2. The normalized spacial score (nSPS) is 12.6. The lowest BCUT2D eigenvalue weighted by Gasteiger charge is -2.33. The lowest BCUT2D eigenvalue weighted by molar-refractivity contribution is -0.385. The van der Waals surface area contributed by atoms with E-state index in [0.717, 1.165) is 10.4 Å². The lowest BCUT2D eigenvalue weighted by atomic mass is 10.1. The first-order valence-corrected chi connectivity index (χ1v) is 15.9. The maximum Gasteiger partial charge on any atom is 0.273 e. The van der Waals surface area contributed by atoms with Crippen LogP contribution in [0.2, 0.25) is 5.02 Å². The Morgan fingerprint density at radius 2 is 1.66 bits per heavy atom. The van der Waals surface area contributed by atoms with Gasteiger partial charge in [-0.3, -0.25) is 24.0 Å². The van der Waals surface area contributed by atoms with Crippen molar-refractivity contribution in [2.24, 2.45) is 0 Å². The summed E-state index contributed by atoms with van der Waals surface area (Å²) >= 11 is 6.06. The van der Waals surface area contributed by atoms with Crippen molar-refractivity contribution >= 4 is 44.8 Å². The number of halogens is 1. The number of benzene rings is 3. The standard InChI is InChI=1S/C31H37ClN4O7S/c1-6-22(4)33-31(38)28(7-2)34(19-23-9-11-24(32)12-10-23)30(37)20-35(25-13-15-26(43-5)16-14-25)44(41,42)27-17-8-21(3)29(18-27)36(39)40/h8-18,22,28H,6-7,19-20H2,1-5H3,(H,33,38)/t22-,28+/m1/s1. The highest BCUT2D eigenvalue weighted by atomic mass is 35.5. The Hall–Kier alpha value is -4.16. The zero-order valence-electron chi connectivity index (χ0n) is 25.3. The first-order chi connectivity index (χ1) is 20.8. The van der Waals surface area contributed by atoms with E-state index in [9.17, 15) is 28.1 Å². The zero-order chi connectivity index (χ0) is 32.6. The molecule has 2 atom stereocenters. The second-order valence-corrected chi connectivity index (χ2v) is 12.6. The molecule has 44 heavy (non-hydrogen) atoms. The number of anilines is 1. The Bertz CT molecular complexity index is 1580. The number of hydrogen-bond donors (Lipinski definition) is 1. The van der Waals surface area contributed by atoms with Crippen LogP contribution in [0.1, 0.15) is 44.7 Å². The van der Waals surface area contributed by atoms with Gasteiger partial charge in [0, 0.05) is 29.2 Å². The third-order valence-electron chi connectivity index (χ3n) is 7.26. The van der Waals surface area contributed by atoms with Crippen LogP contribution in [-0.4, -0.2) is 55.8 Å². The van der Waals surface area contributed by atoms with Crippen LogP contribution >= 0.6 is 11.6 Å². The Morgan fingerprint density at radius 3 is 2.20 bits per heavy atom. The Morgan fingerprint density at radius 1 is 1.02 bits per heavy atom. The fourth-order valence-corrected chi connectivity index (χ4v) is 6.06. The maximum absolute atomic E-state index is 14.2. The molecule has 2 amide bonds. The number of carbonyl (C=O) groups is 2. The second kappa shape index (κ2) is 15.0. The molecule has 0 heterocycles. The summed E-state index contributed by atoms with van der Waals surface area (Å²) in [6, 6.07) is 15.4. The largest absolute Gasteiger partial charge is 0.497 e. The first kappa shape index (κ1) is 34.3. The lowest BCUT2D eigenvalue weighted by Crippen LogP contribution is -2.53.